The van der Waals surface area contributed by atoms with Gasteiger partial charge in [-0.3, -0.25) is 4.79 Å². The van der Waals surface area contributed by atoms with Crippen LogP contribution in [0.15, 0.2) is 78.9 Å². The van der Waals surface area contributed by atoms with Crippen LogP contribution in [0.1, 0.15) is 22.8 Å². The molecule has 148 valence electrons. The molecule has 29 heavy (non-hydrogen) atoms. The summed E-state index contributed by atoms with van der Waals surface area (Å²) in [6.07, 6.45) is -0.776. The molecule has 5 nitrogen and oxygen atoms in total. The van der Waals surface area contributed by atoms with Crippen molar-refractivity contribution in [1.29, 1.82) is 0 Å². The molecule has 0 aliphatic rings. The van der Waals surface area contributed by atoms with E-state index in [2.05, 4.69) is 5.32 Å². The molecular weight excluding hydrogens is 390 g/mol. The van der Waals surface area contributed by atoms with Crippen molar-refractivity contribution in [3.8, 4) is 5.75 Å². The van der Waals surface area contributed by atoms with Crippen LogP contribution in [0.25, 0.3) is 0 Å². The van der Waals surface area contributed by atoms with Crippen molar-refractivity contribution in [2.24, 2.45) is 0 Å². The van der Waals surface area contributed by atoms with Crippen LogP contribution in [-0.4, -0.2) is 18.0 Å². The van der Waals surface area contributed by atoms with Crippen LogP contribution in [-0.2, 0) is 16.1 Å². The highest BCUT2D eigenvalue weighted by Crippen LogP contribution is 2.22. The number of anilines is 1. The molecule has 1 N–H and O–H groups in total. The maximum atomic E-state index is 12.3. The highest BCUT2D eigenvalue weighted by atomic mass is 35.5. The molecule has 0 spiro atoms. The number of ether oxygens (including phenoxy) is 2. The average molecular weight is 410 g/mol. The van der Waals surface area contributed by atoms with Gasteiger partial charge in [-0.25, -0.2) is 4.79 Å². The lowest BCUT2D eigenvalue weighted by molar-refractivity contribution is -0.152. The Bertz CT molecular complexity index is 974. The second-order valence-electron chi connectivity index (χ2n) is 6.31. The Morgan fingerprint density at radius 3 is 2.28 bits per heavy atom. The Hall–Kier alpha value is -3.31. The number of amides is 1. The molecule has 3 aromatic rings. The highest BCUT2D eigenvalue weighted by Gasteiger charge is 2.17. The third-order valence-corrected chi connectivity index (χ3v) is 4.44. The summed E-state index contributed by atoms with van der Waals surface area (Å²) in [6.45, 7) is 1.81. The van der Waals surface area contributed by atoms with Crippen molar-refractivity contribution in [3.63, 3.8) is 0 Å². The third-order valence-electron chi connectivity index (χ3n) is 4.11. The van der Waals surface area contributed by atoms with E-state index in [-0.39, 0.29) is 12.5 Å². The maximum absolute atomic E-state index is 12.3. The average Bonchev–Trinajstić information content (AvgIpc) is 2.74. The number of rotatable bonds is 7. The second-order valence-corrected chi connectivity index (χ2v) is 6.72. The number of carbonyl (C=O) groups excluding carboxylic acids is 2. The van der Waals surface area contributed by atoms with Gasteiger partial charge in [-0.1, -0.05) is 54.1 Å². The molecule has 0 unspecified atom stereocenters. The van der Waals surface area contributed by atoms with Crippen LogP contribution >= 0.6 is 11.6 Å². The molecule has 0 saturated carbocycles. The number of benzene rings is 3. The lowest BCUT2D eigenvalue weighted by Gasteiger charge is -2.14. The van der Waals surface area contributed by atoms with Crippen molar-refractivity contribution in [3.05, 3.63) is 95.0 Å². The van der Waals surface area contributed by atoms with Gasteiger partial charge in [0.1, 0.15) is 12.4 Å². The number of hydrogen-bond donors (Lipinski definition) is 1. The Labute approximate surface area is 174 Å². The summed E-state index contributed by atoms with van der Waals surface area (Å²) in [5.74, 6) is -0.294. The SMILES string of the molecule is C[C@@H](Oc1ccc(C(=O)Nc2ccccc2Cl)cc1)C(=O)OCc1ccccc1. The molecule has 3 aromatic carbocycles. The number of nitrogens with one attached hydrogen (secondary N) is 1. The van der Waals surface area contributed by atoms with Crippen molar-refractivity contribution in [2.45, 2.75) is 19.6 Å². The molecule has 1 amide bonds. The van der Waals surface area contributed by atoms with Gasteiger partial charge in [-0.05, 0) is 48.9 Å². The first-order valence-electron chi connectivity index (χ1n) is 9.06. The first-order valence-corrected chi connectivity index (χ1v) is 9.44. The van der Waals surface area contributed by atoms with Crippen LogP contribution in [0.5, 0.6) is 5.75 Å². The van der Waals surface area contributed by atoms with Crippen LogP contribution in [0.3, 0.4) is 0 Å². The van der Waals surface area contributed by atoms with E-state index in [9.17, 15) is 9.59 Å². The molecule has 6 heteroatoms. The monoisotopic (exact) mass is 409 g/mol. The Kier molecular flexibility index (Phi) is 6.87. The van der Waals surface area contributed by atoms with Gasteiger partial charge in [0, 0.05) is 5.56 Å². The van der Waals surface area contributed by atoms with Crippen LogP contribution in [0, 0.1) is 0 Å². The van der Waals surface area contributed by atoms with Gasteiger partial charge >= 0.3 is 5.97 Å². The minimum atomic E-state index is -0.776. The summed E-state index contributed by atoms with van der Waals surface area (Å²) in [7, 11) is 0. The van der Waals surface area contributed by atoms with Gasteiger partial charge in [0.2, 0.25) is 0 Å². The largest absolute Gasteiger partial charge is 0.479 e. The molecule has 0 aromatic heterocycles. The molecule has 0 heterocycles. The fourth-order valence-electron chi connectivity index (χ4n) is 2.54. The summed E-state index contributed by atoms with van der Waals surface area (Å²) < 4.78 is 10.9. The summed E-state index contributed by atoms with van der Waals surface area (Å²) >= 11 is 6.05. The van der Waals surface area contributed by atoms with Crippen molar-refractivity contribution in [2.75, 3.05) is 5.32 Å². The van der Waals surface area contributed by atoms with E-state index in [1.807, 2.05) is 30.3 Å². The Morgan fingerprint density at radius 2 is 1.59 bits per heavy atom. The van der Waals surface area contributed by atoms with Crippen molar-refractivity contribution < 1.29 is 19.1 Å². The molecular formula is C23H20ClNO4. The van der Waals surface area contributed by atoms with Gasteiger partial charge < -0.3 is 14.8 Å². The molecule has 0 saturated heterocycles. The molecule has 0 fully saturated rings. The normalized spacial score (nSPS) is 11.4. The minimum absolute atomic E-state index is 0.189. The zero-order valence-corrected chi connectivity index (χ0v) is 16.6. The molecule has 3 rings (SSSR count). The van der Waals surface area contributed by atoms with E-state index in [0.29, 0.717) is 22.0 Å². The lowest BCUT2D eigenvalue weighted by Crippen LogP contribution is -2.26. The third kappa shape index (κ3) is 5.83. The predicted molar refractivity (Wildman–Crippen MR) is 112 cm³/mol. The standard InChI is InChI=1S/C23H20ClNO4/c1-16(23(27)28-15-17-7-3-2-4-8-17)29-19-13-11-18(12-14-19)22(26)25-21-10-6-5-9-20(21)24/h2-14,16H,15H2,1H3,(H,25,26)/t16-/m1/s1. The molecule has 1 atom stereocenters. The number of esters is 1. The quantitative estimate of drug-likeness (QED) is 0.551. The Morgan fingerprint density at radius 1 is 0.931 bits per heavy atom. The van der Waals surface area contributed by atoms with Crippen LogP contribution < -0.4 is 10.1 Å². The van der Waals surface area contributed by atoms with Gasteiger partial charge in [0.15, 0.2) is 6.10 Å². The van der Waals surface area contributed by atoms with Gasteiger partial charge in [-0.2, -0.15) is 0 Å². The van der Waals surface area contributed by atoms with E-state index in [1.54, 1.807) is 55.5 Å². The van der Waals surface area contributed by atoms with Crippen LogP contribution in [0.4, 0.5) is 5.69 Å². The van der Waals surface area contributed by atoms with Gasteiger partial charge in [-0.15, -0.1) is 0 Å². The molecule has 0 radical (unpaired) electrons. The minimum Gasteiger partial charge on any atom is -0.479 e. The first-order chi connectivity index (χ1) is 14.0. The number of halogens is 1. The zero-order valence-electron chi connectivity index (χ0n) is 15.8. The maximum Gasteiger partial charge on any atom is 0.347 e. The smallest absolute Gasteiger partial charge is 0.347 e. The van der Waals surface area contributed by atoms with E-state index < -0.39 is 12.1 Å². The topological polar surface area (TPSA) is 64.6 Å². The second kappa shape index (κ2) is 9.75. The fraction of sp³-hybridized carbons (Fsp3) is 0.130. The zero-order chi connectivity index (χ0) is 20.6. The molecule has 0 aliphatic carbocycles. The van der Waals surface area contributed by atoms with Crippen molar-refractivity contribution >= 4 is 29.2 Å². The summed E-state index contributed by atoms with van der Waals surface area (Å²) in [5, 5.41) is 3.21. The number of para-hydroxylation sites is 1. The van der Waals surface area contributed by atoms with Crippen molar-refractivity contribution in [1.82, 2.24) is 0 Å². The predicted octanol–water partition coefficient (Wildman–Crippen LogP) is 5.10. The Balaban J connectivity index is 1.53. The van der Waals surface area contributed by atoms with Crippen LogP contribution in [0.2, 0.25) is 5.02 Å². The van der Waals surface area contributed by atoms with Gasteiger partial charge in [0.25, 0.3) is 5.91 Å². The number of carbonyl (C=O) groups is 2. The lowest BCUT2D eigenvalue weighted by atomic mass is 10.2. The highest BCUT2D eigenvalue weighted by molar-refractivity contribution is 6.33. The molecule has 0 aliphatic heterocycles. The van der Waals surface area contributed by atoms with E-state index in [4.69, 9.17) is 21.1 Å². The summed E-state index contributed by atoms with van der Waals surface area (Å²) in [4.78, 5) is 24.5. The van der Waals surface area contributed by atoms with E-state index in [1.165, 1.54) is 0 Å². The summed E-state index contributed by atoms with van der Waals surface area (Å²) in [5.41, 5.74) is 1.88. The fourth-order valence-corrected chi connectivity index (χ4v) is 2.72. The molecule has 0 bridgehead atoms. The van der Waals surface area contributed by atoms with E-state index >= 15 is 0 Å². The summed E-state index contributed by atoms with van der Waals surface area (Å²) in [6, 6.07) is 22.9. The van der Waals surface area contributed by atoms with E-state index in [0.717, 1.165) is 5.56 Å². The first kappa shape index (κ1) is 20.4. The van der Waals surface area contributed by atoms with Gasteiger partial charge in [0.05, 0.1) is 10.7 Å². The number of hydrogen-bond acceptors (Lipinski definition) is 4.